The molecule has 0 radical (unpaired) electrons. The van der Waals surface area contributed by atoms with E-state index in [0.717, 1.165) is 29.7 Å². The minimum Gasteiger partial charge on any atom is -0.348 e. The van der Waals surface area contributed by atoms with Gasteiger partial charge in [-0.15, -0.1) is 16.7 Å². The van der Waals surface area contributed by atoms with E-state index in [-0.39, 0.29) is 29.6 Å². The average Bonchev–Trinajstić information content (AvgIpc) is 3.12. The summed E-state index contributed by atoms with van der Waals surface area (Å²) in [5.41, 5.74) is 2.99. The number of aromatic amines is 1. The van der Waals surface area contributed by atoms with Crippen LogP contribution in [0.15, 0.2) is 53.8 Å². The van der Waals surface area contributed by atoms with Gasteiger partial charge >= 0.3 is 0 Å². The maximum absolute atomic E-state index is 12.5. The van der Waals surface area contributed by atoms with Crippen LogP contribution in [0, 0.1) is 5.92 Å². The van der Waals surface area contributed by atoms with E-state index in [0.29, 0.717) is 18.7 Å². The maximum Gasteiger partial charge on any atom is 0.290 e. The number of amides is 2. The lowest BCUT2D eigenvalue weighted by Gasteiger charge is -2.16. The van der Waals surface area contributed by atoms with E-state index < -0.39 is 5.91 Å². The fourth-order valence-corrected chi connectivity index (χ4v) is 3.74. The van der Waals surface area contributed by atoms with E-state index in [9.17, 15) is 9.59 Å². The van der Waals surface area contributed by atoms with Crippen LogP contribution in [-0.2, 0) is 11.2 Å². The van der Waals surface area contributed by atoms with Crippen molar-refractivity contribution in [3.63, 3.8) is 0 Å². The van der Waals surface area contributed by atoms with Crippen LogP contribution < -0.4 is 10.6 Å². The molecule has 1 aromatic carbocycles. The number of nitrogens with one attached hydrogen (secondary N) is 3. The molecule has 2 amide bonds. The van der Waals surface area contributed by atoms with Gasteiger partial charge in [-0.2, -0.15) is 0 Å². The Hall–Kier alpha value is -2.93. The number of hydrogen-bond donors (Lipinski definition) is 3. The van der Waals surface area contributed by atoms with Gasteiger partial charge in [0, 0.05) is 18.7 Å². The number of carbonyl (C=O) groups is 2. The number of rotatable bonds is 5. The fraction of sp³-hybridized carbons (Fsp3) is 0.333. The molecule has 1 aliphatic carbocycles. The zero-order valence-electron chi connectivity index (χ0n) is 15.8. The monoisotopic (exact) mass is 411 g/mol. The standard InChI is InChI=1S/C21H22ClN5O2/c22-16-9-8-14-6-7-15(20(28)24-17(14)11-16)12-23-21(29)19-25-18(26-27-19)10-13-4-2-1-3-5-13/h1-5,8,11,15-16H,6-7,9-10,12H2,(H,23,29)(H,24,28)(H,25,26,27). The highest BCUT2D eigenvalue weighted by Gasteiger charge is 2.27. The molecule has 1 saturated heterocycles. The van der Waals surface area contributed by atoms with Gasteiger partial charge in [-0.05, 0) is 36.5 Å². The van der Waals surface area contributed by atoms with Gasteiger partial charge in [0.1, 0.15) is 5.82 Å². The first-order chi connectivity index (χ1) is 14.1. The second-order valence-corrected chi connectivity index (χ2v) is 7.82. The normalized spacial score (nSPS) is 21.3. The molecule has 8 heteroatoms. The number of fused-ring (bicyclic) bond motifs is 1. The molecule has 0 bridgehead atoms. The second-order valence-electron chi connectivity index (χ2n) is 7.26. The van der Waals surface area contributed by atoms with E-state index in [1.54, 1.807) is 0 Å². The summed E-state index contributed by atoms with van der Waals surface area (Å²) in [6.45, 7) is 0.234. The first kappa shape index (κ1) is 19.4. The van der Waals surface area contributed by atoms with E-state index >= 15 is 0 Å². The lowest BCUT2D eigenvalue weighted by molar-refractivity contribution is -0.123. The molecule has 0 spiro atoms. The van der Waals surface area contributed by atoms with Crippen molar-refractivity contribution in [3.8, 4) is 0 Å². The van der Waals surface area contributed by atoms with Crippen molar-refractivity contribution < 1.29 is 9.59 Å². The van der Waals surface area contributed by atoms with Crippen molar-refractivity contribution >= 4 is 23.4 Å². The van der Waals surface area contributed by atoms with Gasteiger partial charge < -0.3 is 10.6 Å². The molecule has 3 N–H and O–H groups in total. The fourth-order valence-electron chi connectivity index (χ4n) is 3.53. The predicted octanol–water partition coefficient (Wildman–Crippen LogP) is 2.47. The number of aromatic nitrogens is 3. The average molecular weight is 412 g/mol. The van der Waals surface area contributed by atoms with Crippen molar-refractivity contribution in [1.29, 1.82) is 0 Å². The molecule has 1 fully saturated rings. The van der Waals surface area contributed by atoms with Crippen LogP contribution in [0.25, 0.3) is 0 Å². The Morgan fingerprint density at radius 2 is 2.10 bits per heavy atom. The van der Waals surface area contributed by atoms with Gasteiger partial charge in [-0.1, -0.05) is 36.4 Å². The minimum atomic E-state index is -0.394. The molecule has 0 saturated carbocycles. The molecule has 7 nitrogen and oxygen atoms in total. The third-order valence-electron chi connectivity index (χ3n) is 5.13. The zero-order valence-corrected chi connectivity index (χ0v) is 16.6. The Morgan fingerprint density at radius 1 is 1.28 bits per heavy atom. The van der Waals surface area contributed by atoms with Crippen molar-refractivity contribution in [1.82, 2.24) is 25.8 Å². The van der Waals surface area contributed by atoms with Crippen molar-refractivity contribution in [3.05, 3.63) is 71.0 Å². The van der Waals surface area contributed by atoms with E-state index in [1.807, 2.05) is 36.4 Å². The predicted molar refractivity (Wildman–Crippen MR) is 109 cm³/mol. The van der Waals surface area contributed by atoms with Crippen LogP contribution in [0.1, 0.15) is 41.3 Å². The molecule has 2 aromatic rings. The number of benzene rings is 1. The molecule has 150 valence electrons. The molecule has 29 heavy (non-hydrogen) atoms. The summed E-state index contributed by atoms with van der Waals surface area (Å²) in [5, 5.41) is 12.4. The molecular formula is C21H22ClN5O2. The Morgan fingerprint density at radius 3 is 2.93 bits per heavy atom. The Kier molecular flexibility index (Phi) is 5.76. The van der Waals surface area contributed by atoms with E-state index in [4.69, 9.17) is 11.6 Å². The molecule has 2 atom stereocenters. The Labute approximate surface area is 173 Å². The van der Waals surface area contributed by atoms with Crippen LogP contribution in [-0.4, -0.2) is 38.9 Å². The van der Waals surface area contributed by atoms with E-state index in [1.165, 1.54) is 0 Å². The number of carbonyl (C=O) groups excluding carboxylic acids is 2. The van der Waals surface area contributed by atoms with Gasteiger partial charge in [-0.25, -0.2) is 4.98 Å². The largest absolute Gasteiger partial charge is 0.348 e. The van der Waals surface area contributed by atoms with Gasteiger partial charge in [0.15, 0.2) is 0 Å². The maximum atomic E-state index is 12.5. The molecule has 1 aromatic heterocycles. The summed E-state index contributed by atoms with van der Waals surface area (Å²) in [6.07, 6.45) is 6.74. The summed E-state index contributed by atoms with van der Waals surface area (Å²) in [7, 11) is 0. The topological polar surface area (TPSA) is 99.8 Å². The number of alkyl halides is 1. The van der Waals surface area contributed by atoms with Crippen LogP contribution in [0.5, 0.6) is 0 Å². The third-order valence-corrected chi connectivity index (χ3v) is 5.44. The van der Waals surface area contributed by atoms with Gasteiger partial charge in [0.2, 0.25) is 11.7 Å². The quantitative estimate of drug-likeness (QED) is 0.658. The lowest BCUT2D eigenvalue weighted by Crippen LogP contribution is -2.37. The Bertz CT molecular complexity index is 966. The molecule has 1 aliphatic heterocycles. The van der Waals surface area contributed by atoms with Crippen LogP contribution in [0.4, 0.5) is 0 Å². The SMILES string of the molecule is O=C(NCC1CCC2=CCC(Cl)C=C2NC1=O)c1n[nH]c(Cc2ccccc2)n1. The molecule has 2 aliphatic rings. The summed E-state index contributed by atoms with van der Waals surface area (Å²) in [6, 6.07) is 9.82. The first-order valence-electron chi connectivity index (χ1n) is 9.68. The van der Waals surface area contributed by atoms with Gasteiger partial charge in [-0.3, -0.25) is 14.7 Å². The third kappa shape index (κ3) is 4.74. The van der Waals surface area contributed by atoms with Crippen LogP contribution in [0.3, 0.4) is 0 Å². The molecular weight excluding hydrogens is 390 g/mol. The number of H-pyrrole nitrogens is 1. The summed E-state index contributed by atoms with van der Waals surface area (Å²) in [4.78, 5) is 29.2. The smallest absolute Gasteiger partial charge is 0.290 e. The summed E-state index contributed by atoms with van der Waals surface area (Å²) < 4.78 is 0. The van der Waals surface area contributed by atoms with E-state index in [2.05, 4.69) is 31.9 Å². The zero-order chi connectivity index (χ0) is 20.2. The first-order valence-corrected chi connectivity index (χ1v) is 10.1. The summed E-state index contributed by atoms with van der Waals surface area (Å²) >= 11 is 6.15. The van der Waals surface area contributed by atoms with Crippen molar-refractivity contribution in [2.75, 3.05) is 6.54 Å². The molecule has 2 heterocycles. The number of nitrogens with zero attached hydrogens (tertiary/aromatic N) is 2. The molecule has 4 rings (SSSR count). The lowest BCUT2D eigenvalue weighted by atomic mass is 9.97. The van der Waals surface area contributed by atoms with Crippen LogP contribution >= 0.6 is 11.6 Å². The highest BCUT2D eigenvalue weighted by molar-refractivity contribution is 6.22. The number of halogens is 1. The Balaban J connectivity index is 1.34. The number of allylic oxidation sites excluding steroid dienone is 3. The van der Waals surface area contributed by atoms with Gasteiger partial charge in [0.05, 0.1) is 11.3 Å². The number of hydrogen-bond acceptors (Lipinski definition) is 4. The summed E-state index contributed by atoms with van der Waals surface area (Å²) in [5.74, 6) is -0.122. The van der Waals surface area contributed by atoms with Crippen molar-refractivity contribution in [2.45, 2.75) is 31.1 Å². The highest BCUT2D eigenvalue weighted by Crippen LogP contribution is 2.28. The second kappa shape index (κ2) is 8.61. The highest BCUT2D eigenvalue weighted by atomic mass is 35.5. The van der Waals surface area contributed by atoms with Gasteiger partial charge in [0.25, 0.3) is 5.91 Å². The van der Waals surface area contributed by atoms with Crippen molar-refractivity contribution in [2.24, 2.45) is 5.92 Å². The molecule has 2 unspecified atom stereocenters. The minimum absolute atomic E-state index is 0.0778. The van der Waals surface area contributed by atoms with Crippen LogP contribution in [0.2, 0.25) is 0 Å².